The van der Waals surface area contributed by atoms with Crippen LogP contribution < -0.4 is 0 Å². The highest BCUT2D eigenvalue weighted by molar-refractivity contribution is 5.66. The molecule has 1 aromatic heterocycles. The van der Waals surface area contributed by atoms with Gasteiger partial charge in [-0.15, -0.1) is 0 Å². The lowest BCUT2D eigenvalue weighted by molar-refractivity contribution is 1.20. The van der Waals surface area contributed by atoms with Crippen LogP contribution in [-0.2, 0) is 0 Å². The van der Waals surface area contributed by atoms with Crippen molar-refractivity contribution in [1.29, 1.82) is 0 Å². The van der Waals surface area contributed by atoms with E-state index in [1.54, 1.807) is 0 Å². The number of hydrogen-bond donors (Lipinski definition) is 0. The van der Waals surface area contributed by atoms with Gasteiger partial charge in [0.25, 0.3) is 0 Å². The average Bonchev–Trinajstić information content (AvgIpc) is 2.30. The van der Waals surface area contributed by atoms with E-state index in [-0.39, 0.29) is 0 Å². The predicted molar refractivity (Wildman–Crippen MR) is 73.4 cm³/mol. The molecule has 0 unspecified atom stereocenters. The zero-order valence-corrected chi connectivity index (χ0v) is 11.3. The van der Waals surface area contributed by atoms with Crippen LogP contribution in [0.3, 0.4) is 0 Å². The maximum Gasteiger partial charge on any atom is 0.0707 e. The van der Waals surface area contributed by atoms with Gasteiger partial charge in [0.15, 0.2) is 0 Å². The van der Waals surface area contributed by atoms with Crippen molar-refractivity contribution in [2.75, 3.05) is 0 Å². The number of aryl methyl sites for hydroxylation is 3. The van der Waals surface area contributed by atoms with E-state index in [1.807, 2.05) is 6.20 Å². The van der Waals surface area contributed by atoms with Crippen LogP contribution in [0.5, 0.6) is 0 Å². The van der Waals surface area contributed by atoms with Crippen LogP contribution >= 0.6 is 0 Å². The van der Waals surface area contributed by atoms with Gasteiger partial charge in [-0.05, 0) is 68.5 Å². The van der Waals surface area contributed by atoms with Crippen molar-refractivity contribution in [3.63, 3.8) is 0 Å². The summed E-state index contributed by atoms with van der Waals surface area (Å²) in [6.07, 6.45) is 1.96. The number of benzene rings is 1. The smallest absolute Gasteiger partial charge is 0.0707 e. The van der Waals surface area contributed by atoms with Crippen LogP contribution in [0.25, 0.3) is 11.3 Å². The van der Waals surface area contributed by atoms with Gasteiger partial charge in [0.1, 0.15) is 0 Å². The standard InChI is InChI=1S/C16H19N/c1-10-6-7-15(14(5)13(10)4)16-8-11(2)12(3)9-17-16/h6-9H,1-5H3. The Kier molecular flexibility index (Phi) is 3.01. The average molecular weight is 225 g/mol. The van der Waals surface area contributed by atoms with Gasteiger partial charge >= 0.3 is 0 Å². The third kappa shape index (κ3) is 2.10. The third-order valence-corrected chi connectivity index (χ3v) is 3.71. The van der Waals surface area contributed by atoms with Gasteiger partial charge in [0.05, 0.1) is 5.69 Å². The molecule has 0 bridgehead atoms. The van der Waals surface area contributed by atoms with Crippen molar-refractivity contribution < 1.29 is 0 Å². The second-order valence-electron chi connectivity index (χ2n) is 4.83. The Balaban J connectivity index is 2.61. The van der Waals surface area contributed by atoms with E-state index < -0.39 is 0 Å². The van der Waals surface area contributed by atoms with Gasteiger partial charge in [-0.25, -0.2) is 0 Å². The molecule has 0 spiro atoms. The van der Waals surface area contributed by atoms with Crippen molar-refractivity contribution in [2.45, 2.75) is 34.6 Å². The summed E-state index contributed by atoms with van der Waals surface area (Å²) >= 11 is 0. The molecule has 0 radical (unpaired) electrons. The van der Waals surface area contributed by atoms with Crippen molar-refractivity contribution >= 4 is 0 Å². The van der Waals surface area contributed by atoms with Gasteiger partial charge in [-0.1, -0.05) is 12.1 Å². The maximum absolute atomic E-state index is 4.54. The van der Waals surface area contributed by atoms with E-state index in [0.717, 1.165) is 5.69 Å². The Bertz CT molecular complexity index is 568. The quantitative estimate of drug-likeness (QED) is 0.705. The SMILES string of the molecule is Cc1cnc(-c2ccc(C)c(C)c2C)cc1C. The summed E-state index contributed by atoms with van der Waals surface area (Å²) in [6.45, 7) is 10.7. The minimum absolute atomic E-state index is 1.08. The highest BCUT2D eigenvalue weighted by atomic mass is 14.7. The minimum atomic E-state index is 1.08. The fraction of sp³-hybridized carbons (Fsp3) is 0.312. The molecule has 1 heteroatoms. The molecule has 1 aromatic carbocycles. The first-order valence-corrected chi connectivity index (χ1v) is 6.01. The highest BCUT2D eigenvalue weighted by Gasteiger charge is 2.07. The van der Waals surface area contributed by atoms with Crippen LogP contribution in [0.15, 0.2) is 24.4 Å². The van der Waals surface area contributed by atoms with Crippen LogP contribution in [0.1, 0.15) is 27.8 Å². The lowest BCUT2D eigenvalue weighted by Crippen LogP contribution is -1.94. The summed E-state index contributed by atoms with van der Waals surface area (Å²) in [5.41, 5.74) is 8.91. The van der Waals surface area contributed by atoms with E-state index in [1.165, 1.54) is 33.4 Å². The van der Waals surface area contributed by atoms with E-state index in [9.17, 15) is 0 Å². The number of hydrogen-bond acceptors (Lipinski definition) is 1. The summed E-state index contributed by atoms with van der Waals surface area (Å²) in [6, 6.07) is 6.52. The second-order valence-corrected chi connectivity index (χ2v) is 4.83. The van der Waals surface area contributed by atoms with E-state index in [2.05, 4.69) is 57.8 Å². The molecule has 0 saturated heterocycles. The lowest BCUT2D eigenvalue weighted by atomic mass is 9.96. The maximum atomic E-state index is 4.54. The highest BCUT2D eigenvalue weighted by Crippen LogP contribution is 2.26. The van der Waals surface area contributed by atoms with Crippen molar-refractivity contribution in [3.05, 3.63) is 52.2 Å². The Morgan fingerprint density at radius 2 is 1.47 bits per heavy atom. The van der Waals surface area contributed by atoms with Crippen molar-refractivity contribution in [1.82, 2.24) is 4.98 Å². The summed E-state index contributed by atoms with van der Waals surface area (Å²) in [5.74, 6) is 0. The number of aromatic nitrogens is 1. The monoisotopic (exact) mass is 225 g/mol. The molecule has 2 rings (SSSR count). The summed E-state index contributed by atoms with van der Waals surface area (Å²) < 4.78 is 0. The van der Waals surface area contributed by atoms with Gasteiger partial charge in [-0.2, -0.15) is 0 Å². The molecule has 0 aliphatic heterocycles. The second kappa shape index (κ2) is 4.33. The topological polar surface area (TPSA) is 12.9 Å². The fourth-order valence-corrected chi connectivity index (χ4v) is 2.01. The molecule has 0 N–H and O–H groups in total. The Morgan fingerprint density at radius 3 is 2.12 bits per heavy atom. The zero-order valence-electron chi connectivity index (χ0n) is 11.3. The first-order chi connectivity index (χ1) is 8.00. The molecule has 1 heterocycles. The van der Waals surface area contributed by atoms with E-state index in [0.29, 0.717) is 0 Å². The first kappa shape index (κ1) is 11.8. The first-order valence-electron chi connectivity index (χ1n) is 6.01. The lowest BCUT2D eigenvalue weighted by Gasteiger charge is -2.11. The Hall–Kier alpha value is -1.63. The van der Waals surface area contributed by atoms with Crippen molar-refractivity contribution in [2.24, 2.45) is 0 Å². The molecule has 2 aromatic rings. The van der Waals surface area contributed by atoms with Gasteiger partial charge in [0, 0.05) is 11.8 Å². The molecule has 0 amide bonds. The van der Waals surface area contributed by atoms with E-state index >= 15 is 0 Å². The molecule has 0 atom stereocenters. The zero-order chi connectivity index (χ0) is 12.6. The molecule has 88 valence electrons. The van der Waals surface area contributed by atoms with Crippen LogP contribution in [0.2, 0.25) is 0 Å². The number of pyridine rings is 1. The largest absolute Gasteiger partial charge is 0.256 e. The van der Waals surface area contributed by atoms with Crippen LogP contribution in [0, 0.1) is 34.6 Å². The number of rotatable bonds is 1. The predicted octanol–water partition coefficient (Wildman–Crippen LogP) is 4.29. The minimum Gasteiger partial charge on any atom is -0.256 e. The third-order valence-electron chi connectivity index (χ3n) is 3.71. The van der Waals surface area contributed by atoms with Crippen LogP contribution in [0.4, 0.5) is 0 Å². The summed E-state index contributed by atoms with van der Waals surface area (Å²) in [4.78, 5) is 4.54. The molecule has 1 nitrogen and oxygen atoms in total. The summed E-state index contributed by atoms with van der Waals surface area (Å²) in [7, 11) is 0. The molecule has 0 aliphatic carbocycles. The van der Waals surface area contributed by atoms with Gasteiger partial charge in [-0.3, -0.25) is 4.98 Å². The normalized spacial score (nSPS) is 10.6. The van der Waals surface area contributed by atoms with Crippen LogP contribution in [-0.4, -0.2) is 4.98 Å². The molecule has 0 fully saturated rings. The molecular formula is C16H19N. The Labute approximate surface area is 104 Å². The van der Waals surface area contributed by atoms with E-state index in [4.69, 9.17) is 0 Å². The summed E-state index contributed by atoms with van der Waals surface area (Å²) in [5, 5.41) is 0. The van der Waals surface area contributed by atoms with Crippen molar-refractivity contribution in [3.8, 4) is 11.3 Å². The molecule has 0 saturated carbocycles. The van der Waals surface area contributed by atoms with Gasteiger partial charge < -0.3 is 0 Å². The molecule has 0 aliphatic rings. The fourth-order valence-electron chi connectivity index (χ4n) is 2.01. The number of nitrogens with zero attached hydrogens (tertiary/aromatic N) is 1. The molecular weight excluding hydrogens is 206 g/mol. The molecule has 17 heavy (non-hydrogen) atoms. The van der Waals surface area contributed by atoms with Gasteiger partial charge in [0.2, 0.25) is 0 Å². The Morgan fingerprint density at radius 1 is 0.765 bits per heavy atom.